The Morgan fingerprint density at radius 2 is 1.96 bits per heavy atom. The molecule has 0 bridgehead atoms. The fourth-order valence-corrected chi connectivity index (χ4v) is 3.18. The highest BCUT2D eigenvalue weighted by Gasteiger charge is 2.09. The summed E-state index contributed by atoms with van der Waals surface area (Å²) in [6, 6.07) is 9.89. The van der Waals surface area contributed by atoms with E-state index in [9.17, 15) is 9.59 Å². The lowest BCUT2D eigenvalue weighted by atomic mass is 10.1. The molecule has 0 radical (unpaired) electrons. The molecule has 1 unspecified atom stereocenters. The van der Waals surface area contributed by atoms with Crippen LogP contribution >= 0.6 is 11.3 Å². The molecule has 140 valence electrons. The number of nitrogens with one attached hydrogen (secondary N) is 2. The third-order valence-electron chi connectivity index (χ3n) is 4.08. The monoisotopic (exact) mass is 374 g/mol. The van der Waals surface area contributed by atoms with E-state index in [-0.39, 0.29) is 17.9 Å². The van der Waals surface area contributed by atoms with Crippen molar-refractivity contribution in [1.29, 1.82) is 0 Å². The summed E-state index contributed by atoms with van der Waals surface area (Å²) in [5, 5.41) is 9.52. The molecule has 2 N–H and O–H groups in total. The molecule has 2 amide bonds. The minimum atomic E-state index is -0.0838. The van der Waals surface area contributed by atoms with Crippen molar-refractivity contribution in [3.63, 3.8) is 0 Å². The number of ether oxygens (including phenoxy) is 1. The normalized spacial score (nSPS) is 11.6. The molecular formula is C20H26N2O3S. The zero-order valence-electron chi connectivity index (χ0n) is 15.3. The SMILES string of the molecule is COc1ccc(CCC(C)NC(=O)CCCNC(=O)c2ccsc2)cc1. The van der Waals surface area contributed by atoms with Crippen LogP contribution in [-0.4, -0.2) is 31.5 Å². The Morgan fingerprint density at radius 1 is 1.19 bits per heavy atom. The molecule has 0 fully saturated rings. The van der Waals surface area contributed by atoms with Crippen molar-refractivity contribution in [3.8, 4) is 5.75 Å². The standard InChI is InChI=1S/C20H26N2O3S/c1-15(5-6-16-7-9-18(25-2)10-8-16)22-19(23)4-3-12-21-20(24)17-11-13-26-14-17/h7-11,13-15H,3-6,12H2,1-2H3,(H,21,24)(H,22,23). The van der Waals surface area contributed by atoms with E-state index in [2.05, 4.69) is 10.6 Å². The molecule has 6 heteroatoms. The summed E-state index contributed by atoms with van der Waals surface area (Å²) < 4.78 is 5.15. The Hall–Kier alpha value is -2.34. The van der Waals surface area contributed by atoms with Gasteiger partial charge >= 0.3 is 0 Å². The van der Waals surface area contributed by atoms with Gasteiger partial charge in [0, 0.05) is 30.0 Å². The average molecular weight is 375 g/mol. The van der Waals surface area contributed by atoms with Gasteiger partial charge in [0.15, 0.2) is 0 Å². The quantitative estimate of drug-likeness (QED) is 0.626. The lowest BCUT2D eigenvalue weighted by Crippen LogP contribution is -2.33. The van der Waals surface area contributed by atoms with Crippen LogP contribution < -0.4 is 15.4 Å². The van der Waals surface area contributed by atoms with Gasteiger partial charge in [0.1, 0.15) is 5.75 Å². The minimum Gasteiger partial charge on any atom is -0.497 e. The van der Waals surface area contributed by atoms with Crippen molar-refractivity contribution < 1.29 is 14.3 Å². The van der Waals surface area contributed by atoms with E-state index in [1.807, 2.05) is 41.9 Å². The number of methoxy groups -OCH3 is 1. The molecule has 0 aliphatic carbocycles. The molecule has 2 aromatic rings. The Labute approximate surface area is 158 Å². The maximum absolute atomic E-state index is 12.0. The molecule has 0 aliphatic heterocycles. The van der Waals surface area contributed by atoms with Gasteiger partial charge in [-0.2, -0.15) is 11.3 Å². The Bertz CT molecular complexity index is 684. The molecule has 1 aromatic carbocycles. The lowest BCUT2D eigenvalue weighted by Gasteiger charge is -2.14. The number of amides is 2. The first kappa shape index (κ1) is 20.0. The molecule has 0 spiro atoms. The fraction of sp³-hybridized carbons (Fsp3) is 0.400. The lowest BCUT2D eigenvalue weighted by molar-refractivity contribution is -0.121. The molecular weight excluding hydrogens is 348 g/mol. The van der Waals surface area contributed by atoms with Gasteiger partial charge in [0.2, 0.25) is 5.91 Å². The second-order valence-electron chi connectivity index (χ2n) is 6.23. The Balaban J connectivity index is 1.58. The first-order valence-electron chi connectivity index (χ1n) is 8.81. The van der Waals surface area contributed by atoms with Crippen LogP contribution in [0.25, 0.3) is 0 Å². The third-order valence-corrected chi connectivity index (χ3v) is 4.77. The van der Waals surface area contributed by atoms with Gasteiger partial charge in [0.05, 0.1) is 7.11 Å². The number of thiophene rings is 1. The van der Waals surface area contributed by atoms with Crippen LogP contribution in [0.4, 0.5) is 0 Å². The van der Waals surface area contributed by atoms with Crippen molar-refractivity contribution in [1.82, 2.24) is 10.6 Å². The summed E-state index contributed by atoms with van der Waals surface area (Å²) in [7, 11) is 1.65. The number of hydrogen-bond acceptors (Lipinski definition) is 4. The van der Waals surface area contributed by atoms with E-state index < -0.39 is 0 Å². The van der Waals surface area contributed by atoms with Gasteiger partial charge in [-0.15, -0.1) is 0 Å². The van der Waals surface area contributed by atoms with Crippen LogP contribution in [0.15, 0.2) is 41.1 Å². The average Bonchev–Trinajstić information content (AvgIpc) is 3.18. The van der Waals surface area contributed by atoms with E-state index in [1.54, 1.807) is 13.2 Å². The van der Waals surface area contributed by atoms with Gasteiger partial charge in [-0.25, -0.2) is 0 Å². The zero-order chi connectivity index (χ0) is 18.8. The number of aryl methyl sites for hydroxylation is 1. The highest BCUT2D eigenvalue weighted by Crippen LogP contribution is 2.13. The molecule has 0 saturated carbocycles. The Morgan fingerprint density at radius 3 is 2.62 bits per heavy atom. The molecule has 2 rings (SSSR count). The van der Waals surface area contributed by atoms with E-state index in [0.717, 1.165) is 18.6 Å². The molecule has 1 heterocycles. The molecule has 26 heavy (non-hydrogen) atoms. The van der Waals surface area contributed by atoms with Crippen molar-refractivity contribution in [2.45, 2.75) is 38.6 Å². The summed E-state index contributed by atoms with van der Waals surface area (Å²) in [6.45, 7) is 2.52. The molecule has 5 nitrogen and oxygen atoms in total. The second kappa shape index (κ2) is 10.6. The van der Waals surface area contributed by atoms with Crippen LogP contribution in [0, 0.1) is 0 Å². The number of benzene rings is 1. The van der Waals surface area contributed by atoms with Gasteiger partial charge in [-0.05, 0) is 55.3 Å². The zero-order valence-corrected chi connectivity index (χ0v) is 16.1. The van der Waals surface area contributed by atoms with Gasteiger partial charge in [-0.3, -0.25) is 9.59 Å². The van der Waals surface area contributed by atoms with Crippen LogP contribution in [0.5, 0.6) is 5.75 Å². The summed E-state index contributed by atoms with van der Waals surface area (Å²) >= 11 is 1.49. The third kappa shape index (κ3) is 6.88. The number of carbonyl (C=O) groups is 2. The molecule has 0 saturated heterocycles. The predicted octanol–water partition coefficient (Wildman–Crippen LogP) is 3.40. The van der Waals surface area contributed by atoms with E-state index >= 15 is 0 Å². The summed E-state index contributed by atoms with van der Waals surface area (Å²) in [4.78, 5) is 23.8. The Kier molecular flexibility index (Phi) is 8.15. The van der Waals surface area contributed by atoms with Gasteiger partial charge in [-0.1, -0.05) is 12.1 Å². The first-order valence-corrected chi connectivity index (χ1v) is 9.75. The first-order chi connectivity index (χ1) is 12.6. The smallest absolute Gasteiger partial charge is 0.252 e. The van der Waals surface area contributed by atoms with Gasteiger partial charge < -0.3 is 15.4 Å². The van der Waals surface area contributed by atoms with Crippen LogP contribution in [0.1, 0.15) is 42.1 Å². The number of carbonyl (C=O) groups excluding carboxylic acids is 2. The highest BCUT2D eigenvalue weighted by molar-refractivity contribution is 7.08. The van der Waals surface area contributed by atoms with E-state index in [4.69, 9.17) is 4.74 Å². The van der Waals surface area contributed by atoms with Crippen molar-refractivity contribution >= 4 is 23.2 Å². The van der Waals surface area contributed by atoms with E-state index in [1.165, 1.54) is 16.9 Å². The largest absolute Gasteiger partial charge is 0.497 e. The topological polar surface area (TPSA) is 67.4 Å². The number of hydrogen-bond donors (Lipinski definition) is 2. The van der Waals surface area contributed by atoms with Crippen LogP contribution in [0.2, 0.25) is 0 Å². The van der Waals surface area contributed by atoms with Crippen LogP contribution in [-0.2, 0) is 11.2 Å². The van der Waals surface area contributed by atoms with Crippen LogP contribution in [0.3, 0.4) is 0 Å². The summed E-state index contributed by atoms with van der Waals surface area (Å²) in [5.74, 6) is 0.790. The highest BCUT2D eigenvalue weighted by atomic mass is 32.1. The van der Waals surface area contributed by atoms with Gasteiger partial charge in [0.25, 0.3) is 5.91 Å². The number of rotatable bonds is 10. The molecule has 0 aliphatic rings. The van der Waals surface area contributed by atoms with Crippen molar-refractivity contribution in [3.05, 3.63) is 52.2 Å². The minimum absolute atomic E-state index is 0.0250. The maximum Gasteiger partial charge on any atom is 0.252 e. The second-order valence-corrected chi connectivity index (χ2v) is 7.01. The van der Waals surface area contributed by atoms with Crippen molar-refractivity contribution in [2.24, 2.45) is 0 Å². The summed E-state index contributed by atoms with van der Waals surface area (Å²) in [5.41, 5.74) is 1.90. The van der Waals surface area contributed by atoms with Crippen molar-refractivity contribution in [2.75, 3.05) is 13.7 Å². The maximum atomic E-state index is 12.0. The predicted molar refractivity (Wildman–Crippen MR) is 105 cm³/mol. The molecule has 1 aromatic heterocycles. The fourth-order valence-electron chi connectivity index (χ4n) is 2.54. The molecule has 1 atom stereocenters. The van der Waals surface area contributed by atoms with E-state index in [0.29, 0.717) is 24.9 Å². The summed E-state index contributed by atoms with van der Waals surface area (Å²) in [6.07, 6.45) is 2.83.